The van der Waals surface area contributed by atoms with Gasteiger partial charge in [-0.25, -0.2) is 8.42 Å². The quantitative estimate of drug-likeness (QED) is 0.698. The molecule has 0 aliphatic carbocycles. The average molecular weight is 353 g/mol. The molecular formula is C16H23N3O4S. The fourth-order valence-corrected chi connectivity index (χ4v) is 5.04. The second kappa shape index (κ2) is 6.44. The van der Waals surface area contributed by atoms with Crippen LogP contribution in [0.1, 0.15) is 23.2 Å². The van der Waals surface area contributed by atoms with Gasteiger partial charge in [0.1, 0.15) is 0 Å². The largest absolute Gasteiger partial charge is 0.389 e. The van der Waals surface area contributed by atoms with E-state index < -0.39 is 15.6 Å². The van der Waals surface area contributed by atoms with Crippen LogP contribution in [0.4, 0.5) is 0 Å². The van der Waals surface area contributed by atoms with Crippen molar-refractivity contribution in [2.24, 2.45) is 5.92 Å². The van der Waals surface area contributed by atoms with Gasteiger partial charge in [-0.15, -0.1) is 0 Å². The number of piperidine rings is 2. The number of amides is 1. The molecule has 1 aromatic rings. The molecule has 0 aromatic heterocycles. The highest BCUT2D eigenvalue weighted by Crippen LogP contribution is 2.35. The van der Waals surface area contributed by atoms with Crippen LogP contribution < -0.4 is 10.6 Å². The molecular weight excluding hydrogens is 330 g/mol. The van der Waals surface area contributed by atoms with Crippen molar-refractivity contribution < 1.29 is 18.3 Å². The number of aliphatic hydroxyl groups is 1. The van der Waals surface area contributed by atoms with E-state index in [0.29, 0.717) is 31.5 Å². The van der Waals surface area contributed by atoms with Crippen molar-refractivity contribution in [2.75, 3.05) is 33.2 Å². The van der Waals surface area contributed by atoms with Gasteiger partial charge in [-0.05, 0) is 37.6 Å². The van der Waals surface area contributed by atoms with E-state index in [0.717, 1.165) is 6.54 Å². The molecule has 0 bridgehead atoms. The SMILES string of the molecule is CNC(=O)c1cccc(S(=O)(=O)N2CC[C@@]3(O)CCNC[C@H]3C2)c1. The maximum absolute atomic E-state index is 12.9. The molecule has 0 spiro atoms. The van der Waals surface area contributed by atoms with Crippen molar-refractivity contribution in [1.82, 2.24) is 14.9 Å². The van der Waals surface area contributed by atoms with Crippen molar-refractivity contribution in [2.45, 2.75) is 23.3 Å². The standard InChI is InChI=1S/C16H23N3O4S/c1-17-15(20)12-3-2-4-14(9-12)24(22,23)19-8-6-16(21)5-7-18-10-13(16)11-19/h2-4,9,13,18,21H,5-8,10-11H2,1H3,(H,17,20)/t13-,16-/m0/s1. The Morgan fingerprint density at radius 3 is 2.96 bits per heavy atom. The average Bonchev–Trinajstić information content (AvgIpc) is 2.60. The van der Waals surface area contributed by atoms with Crippen LogP contribution in [0.2, 0.25) is 0 Å². The van der Waals surface area contributed by atoms with Crippen molar-refractivity contribution in [3.63, 3.8) is 0 Å². The third-order valence-corrected chi connectivity index (χ3v) is 6.93. The molecule has 2 aliphatic heterocycles. The van der Waals surface area contributed by atoms with E-state index in [1.165, 1.54) is 23.5 Å². The van der Waals surface area contributed by atoms with Gasteiger partial charge in [-0.2, -0.15) is 4.31 Å². The van der Waals surface area contributed by atoms with Crippen LogP contribution in [-0.4, -0.2) is 62.6 Å². The van der Waals surface area contributed by atoms with E-state index >= 15 is 0 Å². The molecule has 2 fully saturated rings. The highest BCUT2D eigenvalue weighted by atomic mass is 32.2. The number of nitrogens with one attached hydrogen (secondary N) is 2. The van der Waals surface area contributed by atoms with Gasteiger partial charge in [-0.3, -0.25) is 4.79 Å². The predicted molar refractivity (Wildman–Crippen MR) is 89.1 cm³/mol. The first-order valence-corrected chi connectivity index (χ1v) is 9.56. The van der Waals surface area contributed by atoms with E-state index in [4.69, 9.17) is 0 Å². The maximum atomic E-state index is 12.9. The van der Waals surface area contributed by atoms with Crippen LogP contribution in [0.3, 0.4) is 0 Å². The number of benzene rings is 1. The number of rotatable bonds is 3. The minimum atomic E-state index is -3.69. The van der Waals surface area contributed by atoms with Crippen LogP contribution in [-0.2, 0) is 10.0 Å². The van der Waals surface area contributed by atoms with Gasteiger partial charge in [0.15, 0.2) is 0 Å². The van der Waals surface area contributed by atoms with Gasteiger partial charge in [-0.1, -0.05) is 6.07 Å². The Morgan fingerprint density at radius 2 is 2.21 bits per heavy atom. The molecule has 0 unspecified atom stereocenters. The summed E-state index contributed by atoms with van der Waals surface area (Å²) in [5.74, 6) is -0.437. The van der Waals surface area contributed by atoms with Crippen LogP contribution in [0.5, 0.6) is 0 Å². The summed E-state index contributed by atoms with van der Waals surface area (Å²) in [4.78, 5) is 11.8. The Bertz CT molecular complexity index is 737. The number of carbonyl (C=O) groups is 1. The Hall–Kier alpha value is -1.48. The molecule has 3 rings (SSSR count). The Morgan fingerprint density at radius 1 is 1.42 bits per heavy atom. The number of hydrogen-bond acceptors (Lipinski definition) is 5. The molecule has 2 saturated heterocycles. The normalized spacial score (nSPS) is 28.2. The number of nitrogens with zero attached hydrogens (tertiary/aromatic N) is 1. The van der Waals surface area contributed by atoms with Crippen LogP contribution in [0, 0.1) is 5.92 Å². The highest BCUT2D eigenvalue weighted by Gasteiger charge is 2.45. The monoisotopic (exact) mass is 353 g/mol. The Labute approximate surface area is 142 Å². The minimum Gasteiger partial charge on any atom is -0.389 e. The van der Waals surface area contributed by atoms with Gasteiger partial charge in [0.25, 0.3) is 5.91 Å². The summed E-state index contributed by atoms with van der Waals surface area (Å²) < 4.78 is 27.3. The second-order valence-corrected chi connectivity index (χ2v) is 8.41. The Kier molecular flexibility index (Phi) is 4.65. The first-order valence-electron chi connectivity index (χ1n) is 8.12. The third-order valence-electron chi connectivity index (χ3n) is 5.06. The van der Waals surface area contributed by atoms with E-state index in [9.17, 15) is 18.3 Å². The van der Waals surface area contributed by atoms with Gasteiger partial charge in [0, 0.05) is 38.2 Å². The zero-order valence-electron chi connectivity index (χ0n) is 13.7. The zero-order chi connectivity index (χ0) is 17.4. The lowest BCUT2D eigenvalue weighted by Gasteiger charge is -2.46. The first kappa shape index (κ1) is 17.3. The molecule has 3 N–H and O–H groups in total. The minimum absolute atomic E-state index is 0.109. The topological polar surface area (TPSA) is 98.7 Å². The summed E-state index contributed by atoms with van der Waals surface area (Å²) in [6.07, 6.45) is 1.09. The molecule has 1 amide bonds. The van der Waals surface area contributed by atoms with E-state index in [2.05, 4.69) is 10.6 Å². The molecule has 132 valence electrons. The lowest BCUT2D eigenvalue weighted by atomic mass is 9.77. The van der Waals surface area contributed by atoms with Gasteiger partial charge >= 0.3 is 0 Å². The zero-order valence-corrected chi connectivity index (χ0v) is 14.5. The molecule has 1 aromatic carbocycles. The van der Waals surface area contributed by atoms with Crippen LogP contribution >= 0.6 is 0 Å². The van der Waals surface area contributed by atoms with Crippen molar-refractivity contribution in [1.29, 1.82) is 0 Å². The summed E-state index contributed by atoms with van der Waals surface area (Å²) in [6.45, 7) is 1.95. The van der Waals surface area contributed by atoms with E-state index in [1.54, 1.807) is 12.1 Å². The molecule has 0 radical (unpaired) electrons. The Balaban J connectivity index is 1.85. The van der Waals surface area contributed by atoms with Gasteiger partial charge in [0.2, 0.25) is 10.0 Å². The number of sulfonamides is 1. The fourth-order valence-electron chi connectivity index (χ4n) is 3.50. The van der Waals surface area contributed by atoms with E-state index in [1.807, 2.05) is 0 Å². The third kappa shape index (κ3) is 3.06. The predicted octanol–water partition coefficient (Wildman–Crippen LogP) is -0.219. The number of fused-ring (bicyclic) bond motifs is 1. The smallest absolute Gasteiger partial charge is 0.251 e. The van der Waals surface area contributed by atoms with Crippen molar-refractivity contribution in [3.05, 3.63) is 29.8 Å². The van der Waals surface area contributed by atoms with Crippen LogP contribution in [0.15, 0.2) is 29.2 Å². The lowest BCUT2D eigenvalue weighted by Crippen LogP contribution is -2.59. The summed E-state index contributed by atoms with van der Waals surface area (Å²) in [7, 11) is -2.18. The number of carbonyl (C=O) groups excluding carboxylic acids is 1. The fraction of sp³-hybridized carbons (Fsp3) is 0.562. The lowest BCUT2D eigenvalue weighted by molar-refractivity contribution is -0.0744. The van der Waals surface area contributed by atoms with Crippen molar-refractivity contribution >= 4 is 15.9 Å². The molecule has 8 heteroatoms. The maximum Gasteiger partial charge on any atom is 0.251 e. The summed E-state index contributed by atoms with van der Waals surface area (Å²) in [5, 5.41) is 16.4. The molecule has 2 aliphatic rings. The number of hydrogen-bond donors (Lipinski definition) is 3. The summed E-state index contributed by atoms with van der Waals surface area (Å²) >= 11 is 0. The van der Waals surface area contributed by atoms with E-state index in [-0.39, 0.29) is 23.3 Å². The molecule has 24 heavy (non-hydrogen) atoms. The molecule has 2 atom stereocenters. The highest BCUT2D eigenvalue weighted by molar-refractivity contribution is 7.89. The second-order valence-electron chi connectivity index (χ2n) is 6.47. The molecule has 7 nitrogen and oxygen atoms in total. The van der Waals surface area contributed by atoms with Gasteiger partial charge < -0.3 is 15.7 Å². The summed E-state index contributed by atoms with van der Waals surface area (Å²) in [6, 6.07) is 6.05. The van der Waals surface area contributed by atoms with Crippen molar-refractivity contribution in [3.8, 4) is 0 Å². The van der Waals surface area contributed by atoms with Gasteiger partial charge in [0.05, 0.1) is 10.5 Å². The first-order chi connectivity index (χ1) is 11.4. The summed E-state index contributed by atoms with van der Waals surface area (Å²) in [5.41, 5.74) is -0.465. The molecule has 0 saturated carbocycles. The van der Waals surface area contributed by atoms with Crippen LogP contribution in [0.25, 0.3) is 0 Å². The molecule has 2 heterocycles.